The zero-order chi connectivity index (χ0) is 19.2. The van der Waals surface area contributed by atoms with Gasteiger partial charge in [0.2, 0.25) is 15.9 Å². The molecule has 154 valence electrons. The quantitative estimate of drug-likeness (QED) is 0.213. The molecule has 11 heteroatoms. The second-order valence-corrected chi connectivity index (χ2v) is 9.37. The fourth-order valence-electron chi connectivity index (χ4n) is 2.71. The molecule has 3 N–H and O–H groups in total. The molecule has 0 bridgehead atoms. The zero-order valence-corrected chi connectivity index (χ0v) is 19.8. The van der Waals surface area contributed by atoms with Gasteiger partial charge in [-0.25, -0.2) is 13.1 Å². The van der Waals surface area contributed by atoms with E-state index in [-0.39, 0.29) is 42.5 Å². The van der Waals surface area contributed by atoms with E-state index in [1.807, 2.05) is 18.7 Å². The lowest BCUT2D eigenvalue weighted by molar-refractivity contribution is -0.129. The van der Waals surface area contributed by atoms with Gasteiger partial charge in [-0.3, -0.25) is 9.79 Å². The zero-order valence-electron chi connectivity index (χ0n) is 15.8. The Hall–Kier alpha value is -0.920. The van der Waals surface area contributed by atoms with Gasteiger partial charge in [0, 0.05) is 50.6 Å². The van der Waals surface area contributed by atoms with Gasteiger partial charge >= 0.3 is 0 Å². The number of hydrogen-bond acceptors (Lipinski definition) is 5. The Morgan fingerprint density at radius 2 is 2.11 bits per heavy atom. The fraction of sp³-hybridized carbons (Fsp3) is 0.625. The second-order valence-electron chi connectivity index (χ2n) is 6.09. The lowest BCUT2D eigenvalue weighted by Crippen LogP contribution is -2.46. The van der Waals surface area contributed by atoms with E-state index in [0.717, 1.165) is 17.8 Å². The molecule has 0 spiro atoms. The van der Waals surface area contributed by atoms with Crippen molar-refractivity contribution in [2.24, 2.45) is 4.99 Å². The van der Waals surface area contributed by atoms with Crippen LogP contribution in [0.15, 0.2) is 21.3 Å². The first-order chi connectivity index (χ1) is 12.4. The van der Waals surface area contributed by atoms with E-state index in [9.17, 15) is 13.2 Å². The standard InChI is InChI=1S/C16H27N5O3S2.HI/c1-4-14(22)21-10-7-13(11-21)20-16(17-3)18-8-9-19-26(23,24)15-6-5-12(2)25-15;/h5-6,13,19H,4,7-11H2,1-3H3,(H2,17,18,20);1H. The van der Waals surface area contributed by atoms with Crippen molar-refractivity contribution in [3.8, 4) is 0 Å². The average molecular weight is 529 g/mol. The normalized spacial score (nSPS) is 17.5. The van der Waals surface area contributed by atoms with E-state index in [1.165, 1.54) is 11.3 Å². The van der Waals surface area contributed by atoms with Crippen LogP contribution in [-0.2, 0) is 14.8 Å². The van der Waals surface area contributed by atoms with Crippen molar-refractivity contribution in [1.29, 1.82) is 0 Å². The number of carbonyl (C=O) groups excluding carboxylic acids is 1. The van der Waals surface area contributed by atoms with Crippen molar-refractivity contribution in [1.82, 2.24) is 20.3 Å². The van der Waals surface area contributed by atoms with Crippen molar-refractivity contribution in [2.75, 3.05) is 33.2 Å². The van der Waals surface area contributed by atoms with Crippen molar-refractivity contribution in [3.05, 3.63) is 17.0 Å². The van der Waals surface area contributed by atoms with E-state index < -0.39 is 10.0 Å². The summed E-state index contributed by atoms with van der Waals surface area (Å²) in [6, 6.07) is 3.55. The molecule has 2 rings (SSSR count). The highest BCUT2D eigenvalue weighted by Crippen LogP contribution is 2.19. The number of likely N-dealkylation sites (tertiary alicyclic amines) is 1. The van der Waals surface area contributed by atoms with Gasteiger partial charge in [-0.2, -0.15) is 0 Å². The van der Waals surface area contributed by atoms with Crippen molar-refractivity contribution in [3.63, 3.8) is 0 Å². The van der Waals surface area contributed by atoms with Crippen LogP contribution in [0.3, 0.4) is 0 Å². The topological polar surface area (TPSA) is 103 Å². The Labute approximate surface area is 182 Å². The number of hydrogen-bond donors (Lipinski definition) is 3. The van der Waals surface area contributed by atoms with Gasteiger partial charge < -0.3 is 15.5 Å². The maximum absolute atomic E-state index is 12.2. The summed E-state index contributed by atoms with van der Waals surface area (Å²) in [5.41, 5.74) is 0. The number of carbonyl (C=O) groups is 1. The van der Waals surface area contributed by atoms with Crippen LogP contribution in [0.5, 0.6) is 0 Å². The van der Waals surface area contributed by atoms with Crippen molar-refractivity contribution in [2.45, 2.75) is 36.9 Å². The SMILES string of the molecule is CCC(=O)N1CCC(NC(=NC)NCCNS(=O)(=O)c2ccc(C)s2)C1.I. The van der Waals surface area contributed by atoms with Crippen molar-refractivity contribution >= 4 is 57.2 Å². The molecule has 1 atom stereocenters. The molecule has 1 aromatic rings. The minimum Gasteiger partial charge on any atom is -0.355 e. The second kappa shape index (κ2) is 11.2. The number of nitrogens with one attached hydrogen (secondary N) is 3. The molecular weight excluding hydrogens is 501 g/mol. The van der Waals surface area contributed by atoms with Crippen LogP contribution in [-0.4, -0.2) is 64.5 Å². The van der Waals surface area contributed by atoms with Crippen LogP contribution in [0.4, 0.5) is 0 Å². The predicted octanol–water partition coefficient (Wildman–Crippen LogP) is 1.13. The number of guanidine groups is 1. The van der Waals surface area contributed by atoms with Gasteiger partial charge in [0.25, 0.3) is 0 Å². The van der Waals surface area contributed by atoms with Gasteiger partial charge in [-0.1, -0.05) is 6.92 Å². The Morgan fingerprint density at radius 1 is 1.37 bits per heavy atom. The highest BCUT2D eigenvalue weighted by molar-refractivity contribution is 14.0. The molecule has 1 aliphatic heterocycles. The maximum Gasteiger partial charge on any atom is 0.250 e. The molecule has 27 heavy (non-hydrogen) atoms. The first kappa shape index (κ1) is 24.1. The molecule has 1 saturated heterocycles. The largest absolute Gasteiger partial charge is 0.355 e. The number of amides is 1. The molecule has 0 aliphatic carbocycles. The summed E-state index contributed by atoms with van der Waals surface area (Å²) in [6.07, 6.45) is 1.39. The minimum atomic E-state index is -3.46. The van der Waals surface area contributed by atoms with Crippen LogP contribution in [0.2, 0.25) is 0 Å². The number of thiophene rings is 1. The highest BCUT2D eigenvalue weighted by atomic mass is 127. The van der Waals surface area contributed by atoms with Crippen LogP contribution >= 0.6 is 35.3 Å². The third-order valence-corrected chi connectivity index (χ3v) is 7.05. The number of aliphatic imine (C=N–C) groups is 1. The molecule has 0 saturated carbocycles. The first-order valence-electron chi connectivity index (χ1n) is 8.66. The summed E-state index contributed by atoms with van der Waals surface area (Å²) in [5, 5.41) is 6.37. The van der Waals surface area contributed by atoms with Crippen LogP contribution in [0.1, 0.15) is 24.6 Å². The number of aryl methyl sites for hydroxylation is 1. The fourth-order valence-corrected chi connectivity index (χ4v) is 5.07. The summed E-state index contributed by atoms with van der Waals surface area (Å²) in [4.78, 5) is 18.7. The number of nitrogens with zero attached hydrogens (tertiary/aromatic N) is 2. The molecule has 0 radical (unpaired) electrons. The van der Waals surface area contributed by atoms with Crippen molar-refractivity contribution < 1.29 is 13.2 Å². The number of rotatable bonds is 7. The predicted molar refractivity (Wildman–Crippen MR) is 119 cm³/mol. The highest BCUT2D eigenvalue weighted by Gasteiger charge is 2.25. The third-order valence-electron chi connectivity index (χ3n) is 4.10. The van der Waals surface area contributed by atoms with E-state index in [0.29, 0.717) is 29.7 Å². The van der Waals surface area contributed by atoms with Gasteiger partial charge in [0.1, 0.15) is 4.21 Å². The summed E-state index contributed by atoms with van der Waals surface area (Å²) < 4.78 is 27.2. The lowest BCUT2D eigenvalue weighted by atomic mass is 10.3. The van der Waals surface area contributed by atoms with Crippen LogP contribution in [0.25, 0.3) is 0 Å². The molecular formula is C16H28IN5O3S2. The molecule has 1 unspecified atom stereocenters. The van der Waals surface area contributed by atoms with E-state index in [1.54, 1.807) is 19.2 Å². The number of halogens is 1. The summed E-state index contributed by atoms with van der Waals surface area (Å²) in [7, 11) is -1.80. The van der Waals surface area contributed by atoms with Gasteiger partial charge in [0.05, 0.1) is 0 Å². The van der Waals surface area contributed by atoms with Gasteiger partial charge in [-0.15, -0.1) is 35.3 Å². The van der Waals surface area contributed by atoms with Gasteiger partial charge in [0.15, 0.2) is 5.96 Å². The Kier molecular flexibility index (Phi) is 9.98. The molecule has 2 heterocycles. The number of sulfonamides is 1. The van der Waals surface area contributed by atoms with Gasteiger partial charge in [-0.05, 0) is 25.5 Å². The van der Waals surface area contributed by atoms with E-state index in [2.05, 4.69) is 20.3 Å². The molecule has 1 amide bonds. The third kappa shape index (κ3) is 7.20. The Balaban J connectivity index is 0.00000364. The molecule has 1 aliphatic rings. The van der Waals surface area contributed by atoms with E-state index in [4.69, 9.17) is 0 Å². The first-order valence-corrected chi connectivity index (χ1v) is 11.0. The summed E-state index contributed by atoms with van der Waals surface area (Å²) >= 11 is 1.25. The average Bonchev–Trinajstić information content (AvgIpc) is 3.26. The van der Waals surface area contributed by atoms with Crippen LogP contribution < -0.4 is 15.4 Å². The molecule has 8 nitrogen and oxygen atoms in total. The Morgan fingerprint density at radius 3 is 2.70 bits per heavy atom. The van der Waals surface area contributed by atoms with Crippen LogP contribution in [0, 0.1) is 6.92 Å². The minimum absolute atomic E-state index is 0. The summed E-state index contributed by atoms with van der Waals surface area (Å²) in [6.45, 7) is 5.82. The molecule has 0 aromatic carbocycles. The molecule has 1 aromatic heterocycles. The molecule has 1 fully saturated rings. The van der Waals surface area contributed by atoms with E-state index >= 15 is 0 Å². The summed E-state index contributed by atoms with van der Waals surface area (Å²) in [5.74, 6) is 0.766. The maximum atomic E-state index is 12.2. The lowest BCUT2D eigenvalue weighted by Gasteiger charge is -2.18. The Bertz CT molecular complexity index is 751. The smallest absolute Gasteiger partial charge is 0.250 e. The monoisotopic (exact) mass is 529 g/mol.